The van der Waals surface area contributed by atoms with Crippen LogP contribution < -0.4 is 19.8 Å². The normalized spacial score (nSPS) is 10.6. The maximum atomic E-state index is 13.1. The maximum absolute atomic E-state index is 13.1. The highest BCUT2D eigenvalue weighted by molar-refractivity contribution is 5.94. The van der Waals surface area contributed by atoms with E-state index >= 15 is 0 Å². The lowest BCUT2D eigenvalue weighted by Gasteiger charge is -2.15. The van der Waals surface area contributed by atoms with Gasteiger partial charge in [0.2, 0.25) is 5.75 Å². The standard InChI is InChI=1S/C20H20N2O6/c1-11-13(20(24)28-5)10-14-15(21-11)6-7-22(19(14)23)12-8-16(25-2)18(27-4)17(9-12)26-3/h6-10H,1-5H3. The predicted molar refractivity (Wildman–Crippen MR) is 103 cm³/mol. The highest BCUT2D eigenvalue weighted by Crippen LogP contribution is 2.39. The number of aromatic nitrogens is 2. The second-order valence-corrected chi connectivity index (χ2v) is 5.92. The molecule has 2 aromatic heterocycles. The van der Waals surface area contributed by atoms with E-state index < -0.39 is 5.97 Å². The maximum Gasteiger partial charge on any atom is 0.339 e. The minimum atomic E-state index is -0.547. The number of aryl methyl sites for hydroxylation is 1. The summed E-state index contributed by atoms with van der Waals surface area (Å²) in [7, 11) is 5.79. The first kappa shape index (κ1) is 19.2. The monoisotopic (exact) mass is 384 g/mol. The Hall–Kier alpha value is -3.55. The molecule has 0 atom stereocenters. The number of fused-ring (bicyclic) bond motifs is 1. The quantitative estimate of drug-likeness (QED) is 0.625. The first-order valence-electron chi connectivity index (χ1n) is 8.36. The van der Waals surface area contributed by atoms with Crippen molar-refractivity contribution in [2.75, 3.05) is 28.4 Å². The van der Waals surface area contributed by atoms with Crippen LogP contribution in [0.5, 0.6) is 17.2 Å². The summed E-state index contributed by atoms with van der Waals surface area (Å²) in [6.07, 6.45) is 1.61. The summed E-state index contributed by atoms with van der Waals surface area (Å²) in [5.74, 6) is 0.713. The van der Waals surface area contributed by atoms with Crippen LogP contribution in [0.3, 0.4) is 0 Å². The Bertz CT molecular complexity index is 1090. The molecular formula is C20H20N2O6. The molecule has 0 aliphatic heterocycles. The lowest BCUT2D eigenvalue weighted by atomic mass is 10.1. The second kappa shape index (κ2) is 7.59. The van der Waals surface area contributed by atoms with Gasteiger partial charge < -0.3 is 18.9 Å². The first-order valence-corrected chi connectivity index (χ1v) is 8.36. The Morgan fingerprint density at radius 3 is 2.18 bits per heavy atom. The molecule has 0 saturated heterocycles. The van der Waals surface area contributed by atoms with Crippen molar-refractivity contribution in [2.24, 2.45) is 0 Å². The summed E-state index contributed by atoms with van der Waals surface area (Å²) in [4.78, 5) is 29.4. The van der Waals surface area contributed by atoms with Crippen LogP contribution >= 0.6 is 0 Å². The smallest absolute Gasteiger partial charge is 0.339 e. The van der Waals surface area contributed by atoms with Gasteiger partial charge in [-0.1, -0.05) is 0 Å². The Morgan fingerprint density at radius 2 is 1.64 bits per heavy atom. The van der Waals surface area contributed by atoms with Crippen molar-refractivity contribution in [1.82, 2.24) is 9.55 Å². The molecule has 1 aromatic carbocycles. The minimum absolute atomic E-state index is 0.245. The number of carbonyl (C=O) groups is 1. The van der Waals surface area contributed by atoms with Crippen LogP contribution in [0.15, 0.2) is 35.3 Å². The Labute approximate surface area is 161 Å². The summed E-state index contributed by atoms with van der Waals surface area (Å²) in [6, 6.07) is 6.53. The zero-order valence-corrected chi connectivity index (χ0v) is 16.2. The van der Waals surface area contributed by atoms with Crippen LogP contribution in [0.2, 0.25) is 0 Å². The molecule has 0 amide bonds. The zero-order valence-electron chi connectivity index (χ0n) is 16.2. The van der Waals surface area contributed by atoms with Gasteiger partial charge in [0.25, 0.3) is 5.56 Å². The number of hydrogen-bond acceptors (Lipinski definition) is 7. The van der Waals surface area contributed by atoms with Crippen molar-refractivity contribution in [3.8, 4) is 22.9 Å². The van der Waals surface area contributed by atoms with Gasteiger partial charge in [0.15, 0.2) is 11.5 Å². The highest BCUT2D eigenvalue weighted by atomic mass is 16.5. The average Bonchev–Trinajstić information content (AvgIpc) is 2.71. The van der Waals surface area contributed by atoms with Gasteiger partial charge in [0.1, 0.15) is 0 Å². The van der Waals surface area contributed by atoms with E-state index in [1.54, 1.807) is 31.3 Å². The Kier molecular flexibility index (Phi) is 5.21. The molecule has 8 heteroatoms. The van der Waals surface area contributed by atoms with Crippen LogP contribution in [0, 0.1) is 6.92 Å². The van der Waals surface area contributed by atoms with E-state index in [4.69, 9.17) is 18.9 Å². The molecule has 0 radical (unpaired) electrons. The number of pyridine rings is 2. The molecular weight excluding hydrogens is 364 g/mol. The molecule has 0 saturated carbocycles. The topological polar surface area (TPSA) is 88.9 Å². The first-order chi connectivity index (χ1) is 13.4. The molecule has 146 valence electrons. The van der Waals surface area contributed by atoms with E-state index in [1.165, 1.54) is 39.1 Å². The van der Waals surface area contributed by atoms with Crippen LogP contribution in [0.4, 0.5) is 0 Å². The average molecular weight is 384 g/mol. The number of carbonyl (C=O) groups excluding carboxylic acids is 1. The van der Waals surface area contributed by atoms with Crippen molar-refractivity contribution >= 4 is 16.9 Å². The predicted octanol–water partition coefficient (Wildman–Crippen LogP) is 2.51. The van der Waals surface area contributed by atoms with Crippen molar-refractivity contribution in [3.63, 3.8) is 0 Å². The Morgan fingerprint density at radius 1 is 1.00 bits per heavy atom. The second-order valence-electron chi connectivity index (χ2n) is 5.92. The van der Waals surface area contributed by atoms with Crippen molar-refractivity contribution in [3.05, 3.63) is 52.1 Å². The lowest BCUT2D eigenvalue weighted by molar-refractivity contribution is 0.0599. The summed E-state index contributed by atoms with van der Waals surface area (Å²) in [6.45, 7) is 1.69. The third kappa shape index (κ3) is 3.13. The summed E-state index contributed by atoms with van der Waals surface area (Å²) in [5, 5.41) is 0.294. The number of benzene rings is 1. The van der Waals surface area contributed by atoms with Gasteiger partial charge in [-0.25, -0.2) is 4.79 Å². The zero-order chi connectivity index (χ0) is 20.4. The molecule has 0 unspecified atom stereocenters. The number of rotatable bonds is 5. The molecule has 0 aliphatic rings. The van der Waals surface area contributed by atoms with Gasteiger partial charge >= 0.3 is 5.97 Å². The number of hydrogen-bond donors (Lipinski definition) is 0. The number of esters is 1. The van der Waals surface area contributed by atoms with Crippen molar-refractivity contribution in [1.29, 1.82) is 0 Å². The number of ether oxygens (including phenoxy) is 4. The highest BCUT2D eigenvalue weighted by Gasteiger charge is 2.17. The van der Waals surface area contributed by atoms with E-state index in [2.05, 4.69) is 4.98 Å². The molecule has 0 aliphatic carbocycles. The fourth-order valence-corrected chi connectivity index (χ4v) is 2.99. The SMILES string of the molecule is COC(=O)c1cc2c(=O)n(-c3cc(OC)c(OC)c(OC)c3)ccc2nc1C. The van der Waals surface area contributed by atoms with Gasteiger partial charge in [-0.2, -0.15) is 0 Å². The fourth-order valence-electron chi connectivity index (χ4n) is 2.99. The van der Waals surface area contributed by atoms with E-state index in [0.29, 0.717) is 39.5 Å². The molecule has 2 heterocycles. The molecule has 0 N–H and O–H groups in total. The lowest BCUT2D eigenvalue weighted by Crippen LogP contribution is -2.19. The van der Waals surface area contributed by atoms with Gasteiger partial charge in [0, 0.05) is 18.3 Å². The summed E-state index contributed by atoms with van der Waals surface area (Å²) < 4.78 is 22.2. The van der Waals surface area contributed by atoms with Crippen LogP contribution in [-0.4, -0.2) is 44.0 Å². The van der Waals surface area contributed by atoms with Crippen molar-refractivity contribution in [2.45, 2.75) is 6.92 Å². The van der Waals surface area contributed by atoms with E-state index in [-0.39, 0.29) is 11.1 Å². The number of nitrogens with zero attached hydrogens (tertiary/aromatic N) is 2. The summed E-state index contributed by atoms with van der Waals surface area (Å²) in [5.41, 5.74) is 1.39. The largest absolute Gasteiger partial charge is 0.493 e. The van der Waals surface area contributed by atoms with Gasteiger partial charge in [0.05, 0.1) is 56.3 Å². The van der Waals surface area contributed by atoms with Gasteiger partial charge in [-0.3, -0.25) is 14.3 Å². The molecule has 0 fully saturated rings. The van der Waals surface area contributed by atoms with E-state index in [9.17, 15) is 9.59 Å². The number of methoxy groups -OCH3 is 4. The van der Waals surface area contributed by atoms with Crippen LogP contribution in [0.25, 0.3) is 16.6 Å². The van der Waals surface area contributed by atoms with Crippen LogP contribution in [-0.2, 0) is 4.74 Å². The van der Waals surface area contributed by atoms with Gasteiger partial charge in [-0.15, -0.1) is 0 Å². The molecule has 0 spiro atoms. The molecule has 28 heavy (non-hydrogen) atoms. The molecule has 8 nitrogen and oxygen atoms in total. The van der Waals surface area contributed by atoms with Crippen molar-refractivity contribution < 1.29 is 23.7 Å². The van der Waals surface area contributed by atoms with E-state index in [0.717, 1.165) is 0 Å². The van der Waals surface area contributed by atoms with Gasteiger partial charge in [-0.05, 0) is 19.1 Å². The van der Waals surface area contributed by atoms with E-state index in [1.807, 2.05) is 0 Å². The molecule has 3 rings (SSSR count). The summed E-state index contributed by atoms with van der Waals surface area (Å²) >= 11 is 0. The third-order valence-electron chi connectivity index (χ3n) is 4.41. The fraction of sp³-hybridized carbons (Fsp3) is 0.250. The minimum Gasteiger partial charge on any atom is -0.493 e. The van der Waals surface area contributed by atoms with Crippen LogP contribution in [0.1, 0.15) is 16.1 Å². The molecule has 3 aromatic rings. The third-order valence-corrected chi connectivity index (χ3v) is 4.41. The molecule has 0 bridgehead atoms. The Balaban J connectivity index is 2.27.